The highest BCUT2D eigenvalue weighted by Crippen LogP contribution is 2.65. The van der Waals surface area contributed by atoms with Gasteiger partial charge in [-0.25, -0.2) is 0 Å². The van der Waals surface area contributed by atoms with Crippen molar-refractivity contribution in [2.45, 2.75) is 31.6 Å². The van der Waals surface area contributed by atoms with Gasteiger partial charge in [-0.05, 0) is 50.1 Å². The van der Waals surface area contributed by atoms with Crippen LogP contribution >= 0.6 is 0 Å². The lowest BCUT2D eigenvalue weighted by molar-refractivity contribution is 0.535. The minimum atomic E-state index is 0.489. The Bertz CT molecular complexity index is 363. The standard InChI is InChI=1S/C14H19N/c1-10-2-4-11(5-3-10)14(12-6-7-12)8-13(14)9-15/h2-5,12-13H,6-9,15H2,1H3/t13-,14?/m0/s1. The molecular formula is C14H19N. The van der Waals surface area contributed by atoms with Gasteiger partial charge in [-0.2, -0.15) is 0 Å². The Labute approximate surface area is 91.7 Å². The molecule has 0 bridgehead atoms. The normalized spacial score (nSPS) is 34.1. The van der Waals surface area contributed by atoms with Crippen LogP contribution in [0.3, 0.4) is 0 Å². The monoisotopic (exact) mass is 201 g/mol. The van der Waals surface area contributed by atoms with Gasteiger partial charge in [0, 0.05) is 5.41 Å². The number of rotatable bonds is 3. The molecule has 1 aromatic rings. The molecule has 2 fully saturated rings. The van der Waals surface area contributed by atoms with Gasteiger partial charge in [-0.15, -0.1) is 0 Å². The summed E-state index contributed by atoms with van der Waals surface area (Å²) in [5.41, 5.74) is 9.23. The van der Waals surface area contributed by atoms with E-state index in [1.54, 1.807) is 5.56 Å². The lowest BCUT2D eigenvalue weighted by Crippen LogP contribution is -2.17. The predicted molar refractivity (Wildman–Crippen MR) is 62.7 cm³/mol. The summed E-state index contributed by atoms with van der Waals surface area (Å²) in [6.07, 6.45) is 4.17. The molecule has 1 aromatic carbocycles. The van der Waals surface area contributed by atoms with Gasteiger partial charge in [0.25, 0.3) is 0 Å². The number of hydrogen-bond donors (Lipinski definition) is 1. The summed E-state index contributed by atoms with van der Waals surface area (Å²) in [5, 5.41) is 0. The maximum Gasteiger partial charge on any atom is 0.00252 e. The van der Waals surface area contributed by atoms with E-state index in [0.717, 1.165) is 18.4 Å². The van der Waals surface area contributed by atoms with E-state index >= 15 is 0 Å². The van der Waals surface area contributed by atoms with Crippen LogP contribution in [0.5, 0.6) is 0 Å². The molecule has 0 aliphatic heterocycles. The second kappa shape index (κ2) is 3.08. The number of aryl methyl sites for hydroxylation is 1. The highest BCUT2D eigenvalue weighted by Gasteiger charge is 2.61. The molecule has 2 aliphatic carbocycles. The van der Waals surface area contributed by atoms with Gasteiger partial charge in [0.2, 0.25) is 0 Å². The van der Waals surface area contributed by atoms with Crippen molar-refractivity contribution < 1.29 is 0 Å². The molecule has 1 nitrogen and oxygen atoms in total. The summed E-state index contributed by atoms with van der Waals surface area (Å²) in [6, 6.07) is 9.13. The van der Waals surface area contributed by atoms with E-state index in [1.165, 1.54) is 24.8 Å². The third-order valence-electron chi connectivity index (χ3n) is 4.33. The molecule has 80 valence electrons. The molecule has 0 aromatic heterocycles. The van der Waals surface area contributed by atoms with E-state index in [0.29, 0.717) is 5.41 Å². The summed E-state index contributed by atoms with van der Waals surface area (Å²) in [6.45, 7) is 3.02. The van der Waals surface area contributed by atoms with E-state index in [4.69, 9.17) is 5.73 Å². The van der Waals surface area contributed by atoms with Crippen molar-refractivity contribution in [3.05, 3.63) is 35.4 Å². The van der Waals surface area contributed by atoms with Gasteiger partial charge < -0.3 is 5.73 Å². The Balaban J connectivity index is 1.93. The first-order valence-corrected chi connectivity index (χ1v) is 6.04. The fraction of sp³-hybridized carbons (Fsp3) is 0.571. The quantitative estimate of drug-likeness (QED) is 0.799. The molecule has 0 radical (unpaired) electrons. The molecule has 2 aliphatic rings. The van der Waals surface area contributed by atoms with Crippen molar-refractivity contribution in [1.82, 2.24) is 0 Å². The fourth-order valence-corrected chi connectivity index (χ4v) is 3.19. The van der Waals surface area contributed by atoms with Crippen LogP contribution in [0.2, 0.25) is 0 Å². The third-order valence-corrected chi connectivity index (χ3v) is 4.33. The summed E-state index contributed by atoms with van der Waals surface area (Å²) < 4.78 is 0. The van der Waals surface area contributed by atoms with Gasteiger partial charge in [0.1, 0.15) is 0 Å². The van der Waals surface area contributed by atoms with Crippen molar-refractivity contribution >= 4 is 0 Å². The van der Waals surface area contributed by atoms with E-state index < -0.39 is 0 Å². The van der Waals surface area contributed by atoms with Crippen LogP contribution in [0.1, 0.15) is 30.4 Å². The summed E-state index contributed by atoms with van der Waals surface area (Å²) in [5.74, 6) is 1.70. The van der Waals surface area contributed by atoms with Gasteiger partial charge >= 0.3 is 0 Å². The van der Waals surface area contributed by atoms with E-state index in [9.17, 15) is 0 Å². The zero-order valence-corrected chi connectivity index (χ0v) is 9.37. The minimum absolute atomic E-state index is 0.489. The molecule has 1 unspecified atom stereocenters. The average Bonchev–Trinajstić information content (AvgIpc) is 3.12. The molecule has 2 N–H and O–H groups in total. The average molecular weight is 201 g/mol. The van der Waals surface area contributed by atoms with Crippen molar-refractivity contribution in [2.24, 2.45) is 17.6 Å². The Kier molecular flexibility index (Phi) is 1.93. The molecular weight excluding hydrogens is 182 g/mol. The van der Waals surface area contributed by atoms with Gasteiger partial charge in [-0.1, -0.05) is 29.8 Å². The van der Waals surface area contributed by atoms with Crippen LogP contribution in [-0.2, 0) is 5.41 Å². The van der Waals surface area contributed by atoms with Crippen molar-refractivity contribution in [2.75, 3.05) is 6.54 Å². The fourth-order valence-electron chi connectivity index (χ4n) is 3.19. The highest BCUT2D eigenvalue weighted by atomic mass is 14.7. The zero-order chi connectivity index (χ0) is 10.5. The van der Waals surface area contributed by atoms with Crippen LogP contribution in [0.4, 0.5) is 0 Å². The molecule has 1 heteroatoms. The molecule has 0 saturated heterocycles. The van der Waals surface area contributed by atoms with E-state index in [1.807, 2.05) is 0 Å². The van der Waals surface area contributed by atoms with Crippen LogP contribution in [0.25, 0.3) is 0 Å². The molecule has 15 heavy (non-hydrogen) atoms. The smallest absolute Gasteiger partial charge is 0.00252 e. The summed E-state index contributed by atoms with van der Waals surface area (Å²) >= 11 is 0. The van der Waals surface area contributed by atoms with Crippen molar-refractivity contribution in [3.63, 3.8) is 0 Å². The lowest BCUT2D eigenvalue weighted by atomic mass is 9.87. The molecule has 3 rings (SSSR count). The van der Waals surface area contributed by atoms with Crippen molar-refractivity contribution in [1.29, 1.82) is 0 Å². The van der Waals surface area contributed by atoms with Gasteiger partial charge in [-0.3, -0.25) is 0 Å². The Morgan fingerprint density at radius 2 is 1.93 bits per heavy atom. The van der Waals surface area contributed by atoms with Crippen LogP contribution in [0.15, 0.2) is 24.3 Å². The van der Waals surface area contributed by atoms with Gasteiger partial charge in [0.05, 0.1) is 0 Å². The Morgan fingerprint density at radius 3 is 2.40 bits per heavy atom. The predicted octanol–water partition coefficient (Wildman–Crippen LogP) is 2.62. The van der Waals surface area contributed by atoms with Gasteiger partial charge in [0.15, 0.2) is 0 Å². The second-order valence-corrected chi connectivity index (χ2v) is 5.32. The lowest BCUT2D eigenvalue weighted by Gasteiger charge is -2.17. The first-order chi connectivity index (χ1) is 7.27. The molecule has 0 heterocycles. The Morgan fingerprint density at radius 1 is 1.27 bits per heavy atom. The Hall–Kier alpha value is -0.820. The van der Waals surface area contributed by atoms with Crippen molar-refractivity contribution in [3.8, 4) is 0 Å². The molecule has 2 saturated carbocycles. The third kappa shape index (κ3) is 1.33. The molecule has 2 atom stereocenters. The first kappa shape index (κ1) is 9.41. The highest BCUT2D eigenvalue weighted by molar-refractivity contribution is 5.38. The maximum atomic E-state index is 5.84. The minimum Gasteiger partial charge on any atom is -0.330 e. The number of benzene rings is 1. The van der Waals surface area contributed by atoms with Crippen LogP contribution < -0.4 is 5.73 Å². The molecule has 0 spiro atoms. The first-order valence-electron chi connectivity index (χ1n) is 6.04. The van der Waals surface area contributed by atoms with E-state index in [-0.39, 0.29) is 0 Å². The maximum absolute atomic E-state index is 5.84. The van der Waals surface area contributed by atoms with Crippen LogP contribution in [-0.4, -0.2) is 6.54 Å². The zero-order valence-electron chi connectivity index (χ0n) is 9.37. The SMILES string of the molecule is Cc1ccc(C2(C3CC3)C[C@H]2CN)cc1. The summed E-state index contributed by atoms with van der Waals surface area (Å²) in [7, 11) is 0. The number of nitrogens with two attached hydrogens (primary N) is 1. The summed E-state index contributed by atoms with van der Waals surface area (Å²) in [4.78, 5) is 0. The van der Waals surface area contributed by atoms with E-state index in [2.05, 4.69) is 31.2 Å². The molecule has 0 amide bonds. The number of hydrogen-bond acceptors (Lipinski definition) is 1. The second-order valence-electron chi connectivity index (χ2n) is 5.32. The topological polar surface area (TPSA) is 26.0 Å². The van der Waals surface area contributed by atoms with Crippen LogP contribution in [0, 0.1) is 18.8 Å². The largest absolute Gasteiger partial charge is 0.330 e.